The lowest BCUT2D eigenvalue weighted by Gasteiger charge is -2.17. The third kappa shape index (κ3) is 5.15. The molecule has 0 unspecified atom stereocenters. The summed E-state index contributed by atoms with van der Waals surface area (Å²) >= 11 is 0. The maximum absolute atomic E-state index is 13.6. The number of hydrogen-bond donors (Lipinski definition) is 2. The molecule has 2 N–H and O–H groups in total. The quantitative estimate of drug-likeness (QED) is 0.556. The lowest BCUT2D eigenvalue weighted by molar-refractivity contribution is 0.0916. The summed E-state index contributed by atoms with van der Waals surface area (Å²) in [6, 6.07) is 16.6. The van der Waals surface area contributed by atoms with E-state index < -0.39 is 6.04 Å². The zero-order chi connectivity index (χ0) is 23.2. The fraction of sp³-hybridized carbons (Fsp3) is 0.192. The Morgan fingerprint density at radius 1 is 1.15 bits per heavy atom. The van der Waals surface area contributed by atoms with Crippen LogP contribution in [0.25, 0.3) is 5.57 Å². The van der Waals surface area contributed by atoms with E-state index in [1.165, 1.54) is 19.2 Å². The maximum atomic E-state index is 13.6. The molecule has 1 atom stereocenters. The molecular formula is C26H24FN3O3. The van der Waals surface area contributed by atoms with Crippen LogP contribution in [0.3, 0.4) is 0 Å². The van der Waals surface area contributed by atoms with Crippen molar-refractivity contribution in [2.45, 2.75) is 12.5 Å². The van der Waals surface area contributed by atoms with Gasteiger partial charge in [0, 0.05) is 41.1 Å². The Balaban J connectivity index is 1.56. The van der Waals surface area contributed by atoms with Crippen LogP contribution in [0, 0.1) is 5.82 Å². The predicted molar refractivity (Wildman–Crippen MR) is 125 cm³/mol. The van der Waals surface area contributed by atoms with E-state index in [0.29, 0.717) is 35.6 Å². The number of rotatable bonds is 8. The molecule has 0 saturated carbocycles. The Morgan fingerprint density at radius 2 is 1.97 bits per heavy atom. The van der Waals surface area contributed by atoms with Gasteiger partial charge in [0.25, 0.3) is 5.91 Å². The van der Waals surface area contributed by atoms with Crippen LogP contribution in [0.2, 0.25) is 0 Å². The molecule has 1 aliphatic rings. The molecular weight excluding hydrogens is 421 g/mol. The second kappa shape index (κ2) is 10.2. The normalized spacial score (nSPS) is 13.8. The summed E-state index contributed by atoms with van der Waals surface area (Å²) in [6.07, 6.45) is 3.99. The minimum absolute atomic E-state index is 0.208. The summed E-state index contributed by atoms with van der Waals surface area (Å²) in [6.45, 7) is 0.187. The average molecular weight is 445 g/mol. The highest BCUT2D eigenvalue weighted by Crippen LogP contribution is 2.30. The number of ether oxygens (including phenoxy) is 1. The number of aliphatic imine (C=N–C) groups is 1. The Morgan fingerprint density at radius 3 is 2.73 bits per heavy atom. The van der Waals surface area contributed by atoms with Crippen LogP contribution in [0.1, 0.15) is 27.2 Å². The van der Waals surface area contributed by atoms with Crippen molar-refractivity contribution in [2.24, 2.45) is 4.99 Å². The summed E-state index contributed by atoms with van der Waals surface area (Å²) in [5, 5.41) is 12.7. The van der Waals surface area contributed by atoms with E-state index in [4.69, 9.17) is 4.74 Å². The van der Waals surface area contributed by atoms with E-state index in [9.17, 15) is 14.3 Å². The molecule has 2 aromatic carbocycles. The smallest absolute Gasteiger partial charge is 0.252 e. The largest absolute Gasteiger partial charge is 0.496 e. The van der Waals surface area contributed by atoms with Crippen LogP contribution < -0.4 is 10.1 Å². The molecule has 0 bridgehead atoms. The van der Waals surface area contributed by atoms with E-state index in [0.717, 1.165) is 16.8 Å². The third-order valence-electron chi connectivity index (χ3n) is 5.43. The Labute approximate surface area is 191 Å². The number of nitrogens with zero attached hydrogens (tertiary/aromatic N) is 2. The third-order valence-corrected chi connectivity index (χ3v) is 5.43. The van der Waals surface area contributed by atoms with E-state index in [2.05, 4.69) is 15.3 Å². The highest BCUT2D eigenvalue weighted by atomic mass is 19.1. The zero-order valence-corrected chi connectivity index (χ0v) is 18.2. The number of benzene rings is 2. The number of methoxy groups -OCH3 is 1. The molecule has 0 saturated heterocycles. The summed E-state index contributed by atoms with van der Waals surface area (Å²) in [5.74, 6) is -0.241. The average Bonchev–Trinajstić information content (AvgIpc) is 3.34. The van der Waals surface area contributed by atoms with Crippen molar-refractivity contribution in [3.05, 3.63) is 101 Å². The van der Waals surface area contributed by atoms with Crippen molar-refractivity contribution >= 4 is 17.2 Å². The summed E-state index contributed by atoms with van der Waals surface area (Å²) in [4.78, 5) is 22.0. The number of aliphatic hydroxyl groups excluding tert-OH is 1. The molecule has 7 heteroatoms. The first-order chi connectivity index (χ1) is 16.1. The highest BCUT2D eigenvalue weighted by Gasteiger charge is 2.21. The molecule has 168 valence electrons. The fourth-order valence-corrected chi connectivity index (χ4v) is 3.78. The Hall–Kier alpha value is -3.84. The van der Waals surface area contributed by atoms with Crippen molar-refractivity contribution < 1.29 is 19.0 Å². The molecule has 0 spiro atoms. The molecule has 3 aromatic rings. The molecule has 1 amide bonds. The van der Waals surface area contributed by atoms with E-state index >= 15 is 0 Å². The van der Waals surface area contributed by atoms with Crippen molar-refractivity contribution in [3.63, 3.8) is 0 Å². The predicted octanol–water partition coefficient (Wildman–Crippen LogP) is 3.45. The monoisotopic (exact) mass is 445 g/mol. The first-order valence-electron chi connectivity index (χ1n) is 10.6. The second-order valence-electron chi connectivity index (χ2n) is 7.64. The number of amides is 1. The van der Waals surface area contributed by atoms with Gasteiger partial charge < -0.3 is 15.2 Å². The summed E-state index contributed by atoms with van der Waals surface area (Å²) in [5.41, 5.74) is 4.22. The second-order valence-corrected chi connectivity index (χ2v) is 7.64. The van der Waals surface area contributed by atoms with Crippen LogP contribution in [-0.2, 0) is 6.42 Å². The number of aliphatic hydroxyl groups is 1. The number of halogens is 1. The number of aromatic nitrogens is 1. The van der Waals surface area contributed by atoms with Crippen LogP contribution in [0.4, 0.5) is 4.39 Å². The van der Waals surface area contributed by atoms with Gasteiger partial charge in [-0.15, -0.1) is 0 Å². The highest BCUT2D eigenvalue weighted by molar-refractivity contribution is 6.19. The molecule has 6 nitrogen and oxygen atoms in total. The lowest BCUT2D eigenvalue weighted by Crippen LogP contribution is -2.39. The van der Waals surface area contributed by atoms with Crippen LogP contribution in [0.15, 0.2) is 77.9 Å². The molecule has 1 aromatic heterocycles. The van der Waals surface area contributed by atoms with Gasteiger partial charge in [0.1, 0.15) is 11.6 Å². The number of carbonyl (C=O) groups is 1. The maximum Gasteiger partial charge on any atom is 0.252 e. The van der Waals surface area contributed by atoms with E-state index in [-0.39, 0.29) is 18.3 Å². The SMILES string of the molecule is COc1cc(F)ccc1C1=CC(c2ccccc2C(=O)N[C@@H](CO)Cc2ccccn2)=NC1. The van der Waals surface area contributed by atoms with Crippen LogP contribution >= 0.6 is 0 Å². The van der Waals surface area contributed by atoms with Gasteiger partial charge in [-0.3, -0.25) is 14.8 Å². The molecule has 4 rings (SSSR count). The first-order valence-corrected chi connectivity index (χ1v) is 10.6. The first kappa shape index (κ1) is 22.4. The Kier molecular flexibility index (Phi) is 6.90. The van der Waals surface area contributed by atoms with E-state index in [1.54, 1.807) is 24.4 Å². The standard InChI is InChI=1S/C26H24FN3O3/c1-33-25-13-18(27)9-10-21(25)17-12-24(29-15-17)22-7-2-3-8-23(22)26(32)30-20(16-31)14-19-6-4-5-11-28-19/h2-13,20,31H,14-16H2,1H3,(H,30,32)/t20-/m1/s1. The number of allylic oxidation sites excluding steroid dienone is 1. The molecule has 1 aliphatic heterocycles. The van der Waals surface area contributed by atoms with Gasteiger partial charge in [-0.25, -0.2) is 4.39 Å². The van der Waals surface area contributed by atoms with Crippen LogP contribution in [-0.4, -0.2) is 48.0 Å². The van der Waals surface area contributed by atoms with Crippen LogP contribution in [0.5, 0.6) is 5.75 Å². The van der Waals surface area contributed by atoms with Crippen molar-refractivity contribution in [1.82, 2.24) is 10.3 Å². The molecule has 0 fully saturated rings. The topological polar surface area (TPSA) is 83.8 Å². The molecule has 2 heterocycles. The van der Waals surface area contributed by atoms with Gasteiger partial charge in [-0.1, -0.05) is 24.3 Å². The van der Waals surface area contributed by atoms with Gasteiger partial charge >= 0.3 is 0 Å². The number of carbonyl (C=O) groups excluding carboxylic acids is 1. The Bertz CT molecular complexity index is 1210. The van der Waals surface area contributed by atoms with Gasteiger partial charge in [-0.05, 0) is 42.0 Å². The molecule has 0 aliphatic carbocycles. The lowest BCUT2D eigenvalue weighted by atomic mass is 9.99. The van der Waals surface area contributed by atoms with Gasteiger partial charge in [0.05, 0.1) is 32.0 Å². The van der Waals surface area contributed by atoms with Gasteiger partial charge in [-0.2, -0.15) is 0 Å². The number of hydrogen-bond acceptors (Lipinski definition) is 5. The minimum atomic E-state index is -0.472. The van der Waals surface area contributed by atoms with Crippen molar-refractivity contribution in [1.29, 1.82) is 0 Å². The molecule has 33 heavy (non-hydrogen) atoms. The number of nitrogens with one attached hydrogen (secondary N) is 1. The van der Waals surface area contributed by atoms with Crippen molar-refractivity contribution in [3.8, 4) is 5.75 Å². The summed E-state index contributed by atoms with van der Waals surface area (Å²) in [7, 11) is 1.50. The van der Waals surface area contributed by atoms with Crippen molar-refractivity contribution in [2.75, 3.05) is 20.3 Å². The van der Waals surface area contributed by atoms with E-state index in [1.807, 2.05) is 36.4 Å². The number of pyridine rings is 1. The zero-order valence-electron chi connectivity index (χ0n) is 18.2. The molecule has 0 radical (unpaired) electrons. The summed E-state index contributed by atoms with van der Waals surface area (Å²) < 4.78 is 18.9. The fourth-order valence-electron chi connectivity index (χ4n) is 3.78. The minimum Gasteiger partial charge on any atom is -0.496 e. The van der Waals surface area contributed by atoms with Gasteiger partial charge in [0.2, 0.25) is 0 Å². The van der Waals surface area contributed by atoms with Gasteiger partial charge in [0.15, 0.2) is 0 Å².